The summed E-state index contributed by atoms with van der Waals surface area (Å²) >= 11 is 6.73. The highest BCUT2D eigenvalue weighted by molar-refractivity contribution is 8.18. The molecule has 212 valence electrons. The molecule has 2 fully saturated rings. The number of carbonyl (C=O) groups excluding carboxylic acids is 3. The molecule has 3 aromatic carbocycles. The molecule has 1 N–H and O–H groups in total. The van der Waals surface area contributed by atoms with Crippen molar-refractivity contribution < 1.29 is 28.6 Å². The molecule has 0 radical (unpaired) electrons. The molecule has 0 unspecified atom stereocenters. The molecule has 3 amide bonds. The minimum atomic E-state index is -0.528. The number of nitrogens with one attached hydrogen (secondary N) is 1. The van der Waals surface area contributed by atoms with Crippen LogP contribution in [0.4, 0.5) is 16.2 Å². The zero-order chi connectivity index (χ0) is 28.8. The van der Waals surface area contributed by atoms with Crippen LogP contribution in [-0.2, 0) is 20.9 Å². The second-order valence-electron chi connectivity index (χ2n) is 9.29. The molecule has 11 heteroatoms. The normalized spacial score (nSPS) is 16.3. The Balaban J connectivity index is 1.19. The average molecular weight is 594 g/mol. The Kier molecular flexibility index (Phi) is 9.13. The first-order chi connectivity index (χ1) is 19.9. The van der Waals surface area contributed by atoms with E-state index in [4.69, 9.17) is 25.8 Å². The highest BCUT2D eigenvalue weighted by Gasteiger charge is 2.36. The maximum Gasteiger partial charge on any atom is 0.294 e. The summed E-state index contributed by atoms with van der Waals surface area (Å²) in [7, 11) is 1.52. The lowest BCUT2D eigenvalue weighted by Crippen LogP contribution is -2.36. The summed E-state index contributed by atoms with van der Waals surface area (Å²) < 4.78 is 16.7. The number of anilines is 2. The van der Waals surface area contributed by atoms with Crippen LogP contribution in [0.25, 0.3) is 6.08 Å². The van der Waals surface area contributed by atoms with Crippen molar-refractivity contribution in [3.8, 4) is 11.5 Å². The molecular formula is C30H28ClN3O6S. The number of rotatable bonds is 9. The van der Waals surface area contributed by atoms with Gasteiger partial charge in [0, 0.05) is 29.5 Å². The van der Waals surface area contributed by atoms with Gasteiger partial charge < -0.3 is 24.4 Å². The van der Waals surface area contributed by atoms with Gasteiger partial charge in [-0.25, -0.2) is 0 Å². The number of hydrogen-bond acceptors (Lipinski definition) is 8. The molecule has 3 aromatic rings. The molecule has 0 atom stereocenters. The summed E-state index contributed by atoms with van der Waals surface area (Å²) in [6, 6.07) is 20.0. The van der Waals surface area contributed by atoms with E-state index in [1.807, 2.05) is 24.3 Å². The van der Waals surface area contributed by atoms with Gasteiger partial charge in [-0.2, -0.15) is 0 Å². The lowest BCUT2D eigenvalue weighted by atomic mass is 10.1. The van der Waals surface area contributed by atoms with Gasteiger partial charge >= 0.3 is 0 Å². The van der Waals surface area contributed by atoms with Crippen molar-refractivity contribution in [3.63, 3.8) is 0 Å². The summed E-state index contributed by atoms with van der Waals surface area (Å²) in [5.74, 6) is 0.0182. The van der Waals surface area contributed by atoms with Gasteiger partial charge in [-0.3, -0.25) is 19.3 Å². The van der Waals surface area contributed by atoms with Gasteiger partial charge in [-0.1, -0.05) is 29.8 Å². The van der Waals surface area contributed by atoms with E-state index in [0.717, 1.165) is 41.0 Å². The number of benzene rings is 3. The smallest absolute Gasteiger partial charge is 0.294 e. The Bertz CT molecular complexity index is 1460. The Hall–Kier alpha value is -3.99. The second kappa shape index (κ2) is 13.1. The third-order valence-electron chi connectivity index (χ3n) is 6.50. The highest BCUT2D eigenvalue weighted by Crippen LogP contribution is 2.35. The predicted octanol–water partition coefficient (Wildman–Crippen LogP) is 5.44. The monoisotopic (exact) mass is 593 g/mol. The summed E-state index contributed by atoms with van der Waals surface area (Å²) in [4.78, 5) is 41.6. The van der Waals surface area contributed by atoms with E-state index in [9.17, 15) is 14.4 Å². The van der Waals surface area contributed by atoms with Gasteiger partial charge in [-0.15, -0.1) is 0 Å². The zero-order valence-electron chi connectivity index (χ0n) is 22.3. The van der Waals surface area contributed by atoms with Crippen molar-refractivity contribution >= 4 is 57.9 Å². The first kappa shape index (κ1) is 28.5. The van der Waals surface area contributed by atoms with Crippen LogP contribution in [0.2, 0.25) is 5.02 Å². The molecule has 2 saturated heterocycles. The van der Waals surface area contributed by atoms with Crippen molar-refractivity contribution in [2.45, 2.75) is 6.61 Å². The molecule has 9 nitrogen and oxygen atoms in total. The number of morpholine rings is 1. The molecule has 0 saturated carbocycles. The fourth-order valence-corrected chi connectivity index (χ4v) is 5.31. The van der Waals surface area contributed by atoms with E-state index >= 15 is 0 Å². The van der Waals surface area contributed by atoms with Crippen LogP contribution in [0.5, 0.6) is 11.5 Å². The molecule has 0 aliphatic carbocycles. The Morgan fingerprint density at radius 2 is 1.76 bits per heavy atom. The lowest BCUT2D eigenvalue weighted by molar-refractivity contribution is -0.127. The standard InChI is InChI=1S/C30H28ClN3O6S/c1-38-26-16-21(4-11-25(26)40-19-20-2-5-22(31)6-3-20)17-27-29(36)34(30(37)41-27)18-28(35)32-23-7-9-24(10-8-23)33-12-14-39-15-13-33/h2-11,16-17H,12-15,18-19H2,1H3,(H,32,35)/b27-17+. The van der Waals surface area contributed by atoms with Gasteiger partial charge in [0.15, 0.2) is 11.5 Å². The summed E-state index contributed by atoms with van der Waals surface area (Å²) in [5.41, 5.74) is 3.22. The van der Waals surface area contributed by atoms with Crippen LogP contribution in [0.15, 0.2) is 71.6 Å². The molecular weight excluding hydrogens is 566 g/mol. The van der Waals surface area contributed by atoms with E-state index < -0.39 is 17.1 Å². The lowest BCUT2D eigenvalue weighted by Gasteiger charge is -2.28. The summed E-state index contributed by atoms with van der Waals surface area (Å²) in [6.45, 7) is 2.94. The van der Waals surface area contributed by atoms with Crippen molar-refractivity contribution in [2.75, 3.05) is 50.2 Å². The molecule has 2 aliphatic heterocycles. The molecule has 2 aliphatic rings. The number of carbonyl (C=O) groups is 3. The van der Waals surface area contributed by atoms with Crippen LogP contribution in [0, 0.1) is 0 Å². The fourth-order valence-electron chi connectivity index (χ4n) is 4.34. The van der Waals surface area contributed by atoms with Gasteiger partial charge in [0.25, 0.3) is 11.1 Å². The Morgan fingerprint density at radius 1 is 1.02 bits per heavy atom. The third-order valence-corrected chi connectivity index (χ3v) is 7.66. The third kappa shape index (κ3) is 7.21. The number of imide groups is 1. The maximum atomic E-state index is 13.0. The average Bonchev–Trinajstić information content (AvgIpc) is 3.25. The molecule has 0 spiro atoms. The van der Waals surface area contributed by atoms with Crippen LogP contribution in [0.3, 0.4) is 0 Å². The van der Waals surface area contributed by atoms with Crippen LogP contribution < -0.4 is 19.7 Å². The zero-order valence-corrected chi connectivity index (χ0v) is 23.9. The number of nitrogens with zero attached hydrogens (tertiary/aromatic N) is 2. The minimum Gasteiger partial charge on any atom is -0.493 e. The number of amides is 3. The SMILES string of the molecule is COc1cc(/C=C2/SC(=O)N(CC(=O)Nc3ccc(N4CCOCC4)cc3)C2=O)ccc1OCc1ccc(Cl)cc1. The van der Waals surface area contributed by atoms with E-state index in [1.165, 1.54) is 7.11 Å². The topological polar surface area (TPSA) is 97.4 Å². The van der Waals surface area contributed by atoms with E-state index in [1.54, 1.807) is 48.5 Å². The molecule has 0 aromatic heterocycles. The fraction of sp³-hybridized carbons (Fsp3) is 0.233. The van der Waals surface area contributed by atoms with Crippen LogP contribution >= 0.6 is 23.4 Å². The van der Waals surface area contributed by atoms with Crippen LogP contribution in [0.1, 0.15) is 11.1 Å². The van der Waals surface area contributed by atoms with Crippen molar-refractivity contribution in [1.29, 1.82) is 0 Å². The number of methoxy groups -OCH3 is 1. The van der Waals surface area contributed by atoms with E-state index in [-0.39, 0.29) is 11.4 Å². The number of hydrogen-bond donors (Lipinski definition) is 1. The molecule has 2 heterocycles. The number of halogens is 1. The van der Waals surface area contributed by atoms with Gasteiger partial charge in [-0.05, 0) is 77.5 Å². The summed E-state index contributed by atoms with van der Waals surface area (Å²) in [6.07, 6.45) is 1.60. The van der Waals surface area contributed by atoms with Crippen molar-refractivity contribution in [2.24, 2.45) is 0 Å². The summed E-state index contributed by atoms with van der Waals surface area (Å²) in [5, 5.41) is 2.90. The minimum absolute atomic E-state index is 0.217. The van der Waals surface area contributed by atoms with Gasteiger partial charge in [0.2, 0.25) is 5.91 Å². The predicted molar refractivity (Wildman–Crippen MR) is 160 cm³/mol. The Labute approximate surface area is 247 Å². The highest BCUT2D eigenvalue weighted by atomic mass is 35.5. The molecule has 0 bridgehead atoms. The van der Waals surface area contributed by atoms with E-state index in [0.29, 0.717) is 47.6 Å². The van der Waals surface area contributed by atoms with Crippen molar-refractivity contribution in [1.82, 2.24) is 4.90 Å². The number of ether oxygens (including phenoxy) is 3. The largest absolute Gasteiger partial charge is 0.493 e. The molecule has 41 heavy (non-hydrogen) atoms. The second-order valence-corrected chi connectivity index (χ2v) is 10.7. The number of thioether (sulfide) groups is 1. The van der Waals surface area contributed by atoms with Gasteiger partial charge in [0.05, 0.1) is 25.2 Å². The first-order valence-electron chi connectivity index (χ1n) is 12.9. The van der Waals surface area contributed by atoms with Crippen LogP contribution in [-0.4, -0.2) is 61.9 Å². The Morgan fingerprint density at radius 3 is 2.46 bits per heavy atom. The first-order valence-corrected chi connectivity index (χ1v) is 14.1. The van der Waals surface area contributed by atoms with Crippen molar-refractivity contribution in [3.05, 3.63) is 87.8 Å². The quantitative estimate of drug-likeness (QED) is 0.328. The van der Waals surface area contributed by atoms with Gasteiger partial charge in [0.1, 0.15) is 13.2 Å². The maximum absolute atomic E-state index is 13.0. The van der Waals surface area contributed by atoms with E-state index in [2.05, 4.69) is 10.2 Å². The molecule has 5 rings (SSSR count).